The molecular weight excluding hydrogens is 398 g/mol. The molecule has 2 amide bonds. The highest BCUT2D eigenvalue weighted by atomic mass is 19.3. The van der Waals surface area contributed by atoms with Crippen LogP contribution in [0.3, 0.4) is 0 Å². The molecule has 0 spiro atoms. The molecule has 9 heteroatoms. The Morgan fingerprint density at radius 1 is 0.967 bits per heavy atom. The zero-order chi connectivity index (χ0) is 22.1. The molecule has 2 aromatic carbocycles. The number of nitrogens with one attached hydrogen (secondary N) is 2. The van der Waals surface area contributed by atoms with Gasteiger partial charge in [0.05, 0.1) is 5.56 Å². The largest absolute Gasteiger partial charge is 0.483 e. The van der Waals surface area contributed by atoms with E-state index in [2.05, 4.69) is 15.4 Å². The van der Waals surface area contributed by atoms with Crippen LogP contribution in [0.5, 0.6) is 11.5 Å². The lowest BCUT2D eigenvalue weighted by Gasteiger charge is -2.12. The van der Waals surface area contributed by atoms with Crippen molar-refractivity contribution in [2.75, 3.05) is 17.2 Å². The lowest BCUT2D eigenvalue weighted by molar-refractivity contribution is -0.118. The number of carbonyl (C=O) groups excluding carboxylic acids is 3. The van der Waals surface area contributed by atoms with E-state index in [-0.39, 0.29) is 35.4 Å². The highest BCUT2D eigenvalue weighted by Crippen LogP contribution is 2.24. The Balaban J connectivity index is 1.97. The van der Waals surface area contributed by atoms with Crippen LogP contribution < -0.4 is 20.1 Å². The first kappa shape index (κ1) is 22.8. The first-order valence-corrected chi connectivity index (χ1v) is 9.21. The van der Waals surface area contributed by atoms with Crippen LogP contribution in [0.1, 0.15) is 37.0 Å². The van der Waals surface area contributed by atoms with Crippen molar-refractivity contribution in [3.8, 4) is 11.5 Å². The molecule has 0 aliphatic carbocycles. The zero-order valence-corrected chi connectivity index (χ0v) is 16.5. The summed E-state index contributed by atoms with van der Waals surface area (Å²) in [6, 6.07) is 9.97. The number of rotatable bonds is 10. The van der Waals surface area contributed by atoms with Crippen molar-refractivity contribution in [3.63, 3.8) is 0 Å². The molecule has 0 heterocycles. The minimum absolute atomic E-state index is 0.0310. The van der Waals surface area contributed by atoms with Gasteiger partial charge < -0.3 is 20.1 Å². The van der Waals surface area contributed by atoms with Crippen molar-refractivity contribution in [2.24, 2.45) is 0 Å². The SMILES string of the molecule is CCCC(=O)Nc1ccc(OCC(=O)Nc2ccc(OC(F)F)cc2)c(C(C)=O)c1. The Hall–Kier alpha value is -3.49. The fourth-order valence-electron chi connectivity index (χ4n) is 2.52. The number of anilines is 2. The number of carbonyl (C=O) groups is 3. The van der Waals surface area contributed by atoms with Crippen molar-refractivity contribution in [1.82, 2.24) is 0 Å². The van der Waals surface area contributed by atoms with E-state index < -0.39 is 12.5 Å². The van der Waals surface area contributed by atoms with Gasteiger partial charge in [-0.15, -0.1) is 0 Å². The highest BCUT2D eigenvalue weighted by Gasteiger charge is 2.13. The molecule has 2 rings (SSSR count). The van der Waals surface area contributed by atoms with Gasteiger partial charge >= 0.3 is 6.61 Å². The number of ketones is 1. The molecule has 2 aromatic rings. The van der Waals surface area contributed by atoms with Crippen molar-refractivity contribution < 1.29 is 32.6 Å². The van der Waals surface area contributed by atoms with Crippen LogP contribution in [-0.4, -0.2) is 30.8 Å². The standard InChI is InChI=1S/C21H22F2N2O5/c1-3-4-19(27)25-15-7-10-18(17(11-15)13(2)26)29-12-20(28)24-14-5-8-16(9-6-14)30-21(22)23/h5-11,21H,3-4,12H2,1-2H3,(H,24,28)(H,25,27). The number of halogens is 2. The molecule has 0 radical (unpaired) electrons. The summed E-state index contributed by atoms with van der Waals surface area (Å²) in [6.45, 7) is -0.0746. The van der Waals surface area contributed by atoms with Gasteiger partial charge in [0.1, 0.15) is 11.5 Å². The van der Waals surface area contributed by atoms with Gasteiger partial charge in [-0.1, -0.05) is 6.92 Å². The molecule has 0 aliphatic rings. The Labute approximate surface area is 172 Å². The van der Waals surface area contributed by atoms with Crippen molar-refractivity contribution in [2.45, 2.75) is 33.3 Å². The summed E-state index contributed by atoms with van der Waals surface area (Å²) in [4.78, 5) is 35.7. The monoisotopic (exact) mass is 420 g/mol. The third-order valence-electron chi connectivity index (χ3n) is 3.84. The molecule has 0 aliphatic heterocycles. The summed E-state index contributed by atoms with van der Waals surface area (Å²) in [5.41, 5.74) is 1.05. The van der Waals surface area contributed by atoms with Crippen molar-refractivity contribution in [1.29, 1.82) is 0 Å². The summed E-state index contributed by atoms with van der Waals surface area (Å²) in [6.07, 6.45) is 1.06. The molecule has 2 N–H and O–H groups in total. The average molecular weight is 420 g/mol. The molecule has 0 unspecified atom stereocenters. The van der Waals surface area contributed by atoms with Crippen molar-refractivity contribution >= 4 is 29.0 Å². The Kier molecular flexibility index (Phi) is 8.28. The van der Waals surface area contributed by atoms with E-state index in [1.807, 2.05) is 6.92 Å². The van der Waals surface area contributed by atoms with E-state index >= 15 is 0 Å². The molecule has 7 nitrogen and oxygen atoms in total. The number of ether oxygens (including phenoxy) is 2. The molecular formula is C21H22F2N2O5. The fraction of sp³-hybridized carbons (Fsp3) is 0.286. The molecule has 0 atom stereocenters. The molecule has 0 fully saturated rings. The van der Waals surface area contributed by atoms with E-state index in [0.29, 0.717) is 24.2 Å². The number of hydrogen-bond donors (Lipinski definition) is 2. The third kappa shape index (κ3) is 7.16. The smallest absolute Gasteiger partial charge is 0.387 e. The van der Waals surface area contributed by atoms with Gasteiger partial charge in [-0.25, -0.2) is 0 Å². The third-order valence-corrected chi connectivity index (χ3v) is 3.84. The average Bonchev–Trinajstić information content (AvgIpc) is 2.68. The Bertz CT molecular complexity index is 901. The van der Waals surface area contributed by atoms with E-state index in [1.165, 1.54) is 43.3 Å². The molecule has 160 valence electrons. The fourth-order valence-corrected chi connectivity index (χ4v) is 2.52. The second-order valence-electron chi connectivity index (χ2n) is 6.31. The predicted molar refractivity (Wildman–Crippen MR) is 107 cm³/mol. The van der Waals surface area contributed by atoms with E-state index in [1.54, 1.807) is 6.07 Å². The Morgan fingerprint density at radius 2 is 1.60 bits per heavy atom. The van der Waals surface area contributed by atoms with Crippen LogP contribution in [0.2, 0.25) is 0 Å². The maximum Gasteiger partial charge on any atom is 0.387 e. The maximum absolute atomic E-state index is 12.2. The van der Waals surface area contributed by atoms with Gasteiger partial charge in [0, 0.05) is 17.8 Å². The van der Waals surface area contributed by atoms with Gasteiger partial charge in [-0.05, 0) is 55.8 Å². The molecule has 0 saturated carbocycles. The second kappa shape index (κ2) is 10.9. The summed E-state index contributed by atoms with van der Waals surface area (Å²) < 4.78 is 34.0. The number of Topliss-reactive ketones (excluding diaryl/α,β-unsaturated/α-hetero) is 1. The molecule has 0 bridgehead atoms. The zero-order valence-electron chi connectivity index (χ0n) is 16.5. The number of amides is 2. The van der Waals surface area contributed by atoms with Crippen LogP contribution in [0, 0.1) is 0 Å². The van der Waals surface area contributed by atoms with E-state index in [9.17, 15) is 23.2 Å². The lowest BCUT2D eigenvalue weighted by atomic mass is 10.1. The van der Waals surface area contributed by atoms with Gasteiger partial charge in [0.2, 0.25) is 5.91 Å². The van der Waals surface area contributed by atoms with Gasteiger partial charge in [-0.2, -0.15) is 8.78 Å². The van der Waals surface area contributed by atoms with E-state index in [0.717, 1.165) is 0 Å². The number of benzene rings is 2. The summed E-state index contributed by atoms with van der Waals surface area (Å²) in [7, 11) is 0. The van der Waals surface area contributed by atoms with Gasteiger partial charge in [0.15, 0.2) is 12.4 Å². The van der Waals surface area contributed by atoms with Crippen LogP contribution in [0.25, 0.3) is 0 Å². The minimum atomic E-state index is -2.93. The molecule has 0 aromatic heterocycles. The topological polar surface area (TPSA) is 93.7 Å². The minimum Gasteiger partial charge on any atom is -0.483 e. The van der Waals surface area contributed by atoms with Crippen LogP contribution in [-0.2, 0) is 9.59 Å². The lowest BCUT2D eigenvalue weighted by Crippen LogP contribution is -2.21. The quantitative estimate of drug-likeness (QED) is 0.561. The second-order valence-corrected chi connectivity index (χ2v) is 6.31. The molecule has 30 heavy (non-hydrogen) atoms. The van der Waals surface area contributed by atoms with Gasteiger partial charge in [0.25, 0.3) is 5.91 Å². The van der Waals surface area contributed by atoms with Crippen LogP contribution >= 0.6 is 0 Å². The number of hydrogen-bond acceptors (Lipinski definition) is 5. The first-order chi connectivity index (χ1) is 14.3. The number of alkyl halides is 2. The van der Waals surface area contributed by atoms with Gasteiger partial charge in [-0.3, -0.25) is 14.4 Å². The highest BCUT2D eigenvalue weighted by molar-refractivity contribution is 5.99. The normalized spacial score (nSPS) is 10.4. The molecule has 0 saturated heterocycles. The maximum atomic E-state index is 12.2. The summed E-state index contributed by atoms with van der Waals surface area (Å²) in [5, 5.41) is 5.24. The summed E-state index contributed by atoms with van der Waals surface area (Å²) in [5.74, 6) is -0.785. The van der Waals surface area contributed by atoms with E-state index in [4.69, 9.17) is 4.74 Å². The van der Waals surface area contributed by atoms with Crippen LogP contribution in [0.15, 0.2) is 42.5 Å². The summed E-state index contributed by atoms with van der Waals surface area (Å²) >= 11 is 0. The van der Waals surface area contributed by atoms with Crippen molar-refractivity contribution in [3.05, 3.63) is 48.0 Å². The first-order valence-electron chi connectivity index (χ1n) is 9.21. The van der Waals surface area contributed by atoms with Crippen LogP contribution in [0.4, 0.5) is 20.2 Å². The predicted octanol–water partition coefficient (Wildman–Crippen LogP) is 4.25. The Morgan fingerprint density at radius 3 is 2.20 bits per heavy atom.